The van der Waals surface area contributed by atoms with Crippen LogP contribution in [-0.4, -0.2) is 23.0 Å². The molecule has 122 valence electrons. The van der Waals surface area contributed by atoms with Gasteiger partial charge in [-0.3, -0.25) is 9.59 Å². The van der Waals surface area contributed by atoms with Gasteiger partial charge in [-0.05, 0) is 31.6 Å². The monoisotopic (exact) mass is 297 g/mol. The second kappa shape index (κ2) is 9.06. The molecule has 1 aliphatic carbocycles. The van der Waals surface area contributed by atoms with Gasteiger partial charge in [-0.1, -0.05) is 46.5 Å². The van der Waals surface area contributed by atoms with Gasteiger partial charge < -0.3 is 10.4 Å². The highest BCUT2D eigenvalue weighted by Gasteiger charge is 2.42. The van der Waals surface area contributed by atoms with Crippen molar-refractivity contribution in [3.8, 4) is 0 Å². The molecule has 21 heavy (non-hydrogen) atoms. The van der Waals surface area contributed by atoms with E-state index in [4.69, 9.17) is 0 Å². The topological polar surface area (TPSA) is 66.4 Å². The van der Waals surface area contributed by atoms with E-state index in [1.54, 1.807) is 0 Å². The maximum absolute atomic E-state index is 12.5. The van der Waals surface area contributed by atoms with Gasteiger partial charge in [-0.15, -0.1) is 0 Å². The van der Waals surface area contributed by atoms with Crippen molar-refractivity contribution in [1.82, 2.24) is 5.32 Å². The Bertz CT molecular complexity index is 343. The molecule has 0 aliphatic heterocycles. The van der Waals surface area contributed by atoms with Crippen LogP contribution in [0.5, 0.6) is 0 Å². The quantitative estimate of drug-likeness (QED) is 0.683. The maximum atomic E-state index is 12.5. The molecular formula is C17H31NO3. The van der Waals surface area contributed by atoms with Gasteiger partial charge in [-0.25, -0.2) is 0 Å². The van der Waals surface area contributed by atoms with Crippen LogP contribution in [0, 0.1) is 17.8 Å². The highest BCUT2D eigenvalue weighted by Crippen LogP contribution is 2.38. The van der Waals surface area contributed by atoms with Gasteiger partial charge in [0, 0.05) is 6.04 Å². The Labute approximate surface area is 128 Å². The molecule has 4 heteroatoms. The van der Waals surface area contributed by atoms with Crippen LogP contribution < -0.4 is 5.32 Å². The normalized spacial score (nSPS) is 26.5. The summed E-state index contributed by atoms with van der Waals surface area (Å²) in [6, 6.07) is 0.206. The molecule has 0 bridgehead atoms. The van der Waals surface area contributed by atoms with Gasteiger partial charge in [0.15, 0.2) is 0 Å². The van der Waals surface area contributed by atoms with Gasteiger partial charge in [0.1, 0.15) is 0 Å². The predicted octanol–water partition coefficient (Wildman–Crippen LogP) is 3.60. The van der Waals surface area contributed by atoms with Gasteiger partial charge in [0.2, 0.25) is 5.91 Å². The van der Waals surface area contributed by atoms with E-state index >= 15 is 0 Å². The number of nitrogens with one attached hydrogen (secondary N) is 1. The molecule has 0 aromatic carbocycles. The SMILES string of the molecule is CCCCC(CCC)NC(=O)C1CC(CC)CC1C(=O)O. The van der Waals surface area contributed by atoms with Gasteiger partial charge in [0.25, 0.3) is 0 Å². The largest absolute Gasteiger partial charge is 0.481 e. The lowest BCUT2D eigenvalue weighted by molar-refractivity contribution is -0.146. The van der Waals surface area contributed by atoms with Gasteiger partial charge in [-0.2, -0.15) is 0 Å². The standard InChI is InChI=1S/C17H31NO3/c1-4-7-9-13(8-5-2)18-16(19)14-10-12(6-3)11-15(14)17(20)21/h12-15H,4-11H2,1-3H3,(H,18,19)(H,20,21). The lowest BCUT2D eigenvalue weighted by Gasteiger charge is -2.22. The second-order valence-corrected chi connectivity index (χ2v) is 6.43. The first-order chi connectivity index (χ1) is 10.0. The zero-order valence-electron chi connectivity index (χ0n) is 13.7. The Morgan fingerprint density at radius 3 is 2.29 bits per heavy atom. The summed E-state index contributed by atoms with van der Waals surface area (Å²) >= 11 is 0. The van der Waals surface area contributed by atoms with E-state index in [1.807, 2.05) is 0 Å². The first-order valence-electron chi connectivity index (χ1n) is 8.56. The summed E-state index contributed by atoms with van der Waals surface area (Å²) in [4.78, 5) is 23.9. The van der Waals surface area contributed by atoms with Crippen molar-refractivity contribution in [3.63, 3.8) is 0 Å². The van der Waals surface area contributed by atoms with Crippen molar-refractivity contribution >= 4 is 11.9 Å². The molecule has 0 spiro atoms. The van der Waals surface area contributed by atoms with E-state index < -0.39 is 11.9 Å². The Balaban J connectivity index is 2.64. The van der Waals surface area contributed by atoms with Gasteiger partial charge in [0.05, 0.1) is 11.8 Å². The third-order valence-corrected chi connectivity index (χ3v) is 4.78. The number of carbonyl (C=O) groups is 2. The molecule has 4 atom stereocenters. The fraction of sp³-hybridized carbons (Fsp3) is 0.882. The molecule has 0 aromatic heterocycles. The van der Waals surface area contributed by atoms with Crippen molar-refractivity contribution < 1.29 is 14.7 Å². The Morgan fingerprint density at radius 1 is 1.10 bits per heavy atom. The van der Waals surface area contributed by atoms with E-state index in [0.717, 1.165) is 44.9 Å². The van der Waals surface area contributed by atoms with Crippen LogP contribution >= 0.6 is 0 Å². The highest BCUT2D eigenvalue weighted by atomic mass is 16.4. The summed E-state index contributed by atoms with van der Waals surface area (Å²) in [6.45, 7) is 6.34. The van der Waals surface area contributed by atoms with E-state index in [1.165, 1.54) is 0 Å². The number of carbonyl (C=O) groups excluding carboxylic acids is 1. The highest BCUT2D eigenvalue weighted by molar-refractivity contribution is 5.85. The first kappa shape index (κ1) is 18.0. The number of carboxylic acid groups (broad SMARTS) is 1. The van der Waals surface area contributed by atoms with Crippen LogP contribution in [0.3, 0.4) is 0 Å². The number of hydrogen-bond donors (Lipinski definition) is 2. The number of unbranched alkanes of at least 4 members (excludes halogenated alkanes) is 1. The van der Waals surface area contributed by atoms with Crippen molar-refractivity contribution in [2.45, 2.75) is 78.2 Å². The Hall–Kier alpha value is -1.06. The number of carboxylic acids is 1. The molecule has 0 saturated heterocycles. The summed E-state index contributed by atoms with van der Waals surface area (Å²) in [6.07, 6.45) is 7.58. The summed E-state index contributed by atoms with van der Waals surface area (Å²) in [7, 11) is 0. The number of aliphatic carboxylic acids is 1. The summed E-state index contributed by atoms with van der Waals surface area (Å²) in [5.74, 6) is -1.31. The summed E-state index contributed by atoms with van der Waals surface area (Å²) in [5, 5.41) is 12.5. The van der Waals surface area contributed by atoms with Crippen LogP contribution in [0.2, 0.25) is 0 Å². The molecule has 4 nitrogen and oxygen atoms in total. The van der Waals surface area contributed by atoms with E-state index in [9.17, 15) is 14.7 Å². The average Bonchev–Trinajstić information content (AvgIpc) is 2.89. The summed E-state index contributed by atoms with van der Waals surface area (Å²) in [5.41, 5.74) is 0. The van der Waals surface area contributed by atoms with Gasteiger partial charge >= 0.3 is 5.97 Å². The first-order valence-corrected chi connectivity index (χ1v) is 8.56. The van der Waals surface area contributed by atoms with E-state index in [0.29, 0.717) is 12.3 Å². The Morgan fingerprint density at radius 2 is 1.76 bits per heavy atom. The van der Waals surface area contributed by atoms with E-state index in [-0.39, 0.29) is 17.9 Å². The molecule has 4 unspecified atom stereocenters. The molecule has 1 aliphatic rings. The maximum Gasteiger partial charge on any atom is 0.307 e. The smallest absolute Gasteiger partial charge is 0.307 e. The van der Waals surface area contributed by atoms with Crippen molar-refractivity contribution in [3.05, 3.63) is 0 Å². The van der Waals surface area contributed by atoms with Crippen LogP contribution in [-0.2, 0) is 9.59 Å². The minimum absolute atomic E-state index is 0.0343. The molecule has 0 radical (unpaired) electrons. The van der Waals surface area contributed by atoms with Crippen LogP contribution in [0.25, 0.3) is 0 Å². The zero-order chi connectivity index (χ0) is 15.8. The Kier molecular flexibility index (Phi) is 7.76. The van der Waals surface area contributed by atoms with Crippen LogP contribution in [0.1, 0.15) is 72.1 Å². The van der Waals surface area contributed by atoms with Crippen molar-refractivity contribution in [2.75, 3.05) is 0 Å². The third kappa shape index (κ3) is 5.33. The third-order valence-electron chi connectivity index (χ3n) is 4.78. The molecule has 0 aromatic rings. The molecule has 1 amide bonds. The second-order valence-electron chi connectivity index (χ2n) is 6.43. The number of amides is 1. The van der Waals surface area contributed by atoms with Crippen LogP contribution in [0.4, 0.5) is 0 Å². The number of hydrogen-bond acceptors (Lipinski definition) is 2. The summed E-state index contributed by atoms with van der Waals surface area (Å²) < 4.78 is 0. The average molecular weight is 297 g/mol. The predicted molar refractivity (Wildman–Crippen MR) is 84.0 cm³/mol. The molecule has 1 fully saturated rings. The zero-order valence-corrected chi connectivity index (χ0v) is 13.7. The fourth-order valence-electron chi connectivity index (χ4n) is 3.43. The molecule has 2 N–H and O–H groups in total. The van der Waals surface area contributed by atoms with Crippen molar-refractivity contribution in [2.24, 2.45) is 17.8 Å². The lowest BCUT2D eigenvalue weighted by Crippen LogP contribution is -2.41. The number of rotatable bonds is 9. The van der Waals surface area contributed by atoms with Crippen molar-refractivity contribution in [1.29, 1.82) is 0 Å². The molecule has 1 rings (SSSR count). The minimum Gasteiger partial charge on any atom is -0.481 e. The fourth-order valence-corrected chi connectivity index (χ4v) is 3.43. The van der Waals surface area contributed by atoms with Crippen LogP contribution in [0.15, 0.2) is 0 Å². The van der Waals surface area contributed by atoms with E-state index in [2.05, 4.69) is 26.1 Å². The minimum atomic E-state index is -0.813. The lowest BCUT2D eigenvalue weighted by atomic mass is 9.94. The molecular weight excluding hydrogens is 266 g/mol. The molecule has 1 saturated carbocycles. The molecule has 0 heterocycles.